The molecule has 10 heteroatoms. The number of ether oxygens (including phenoxy) is 1. The fraction of sp³-hybridized carbons (Fsp3) is 0.565. The summed E-state index contributed by atoms with van der Waals surface area (Å²) in [6, 6.07) is 4.63. The summed E-state index contributed by atoms with van der Waals surface area (Å²) in [5.41, 5.74) is 0.573. The molecule has 1 aliphatic rings. The fourth-order valence-electron chi connectivity index (χ4n) is 3.62. The number of pyridine rings is 1. The average Bonchev–Trinajstić information content (AvgIpc) is 2.98. The number of amides is 2. The molecule has 4 N–H and O–H groups in total. The van der Waals surface area contributed by atoms with Gasteiger partial charge in [-0.15, -0.1) is 0 Å². The largest absolute Gasteiger partial charge is 0.444 e. The Hall–Kier alpha value is -3.30. The van der Waals surface area contributed by atoms with Crippen LogP contribution in [0.25, 0.3) is 0 Å². The molecular formula is C23H35N7O3. The summed E-state index contributed by atoms with van der Waals surface area (Å²) in [5, 5.41) is 15.5. The van der Waals surface area contributed by atoms with Gasteiger partial charge >= 0.3 is 6.09 Å². The number of aromatic nitrogens is 3. The van der Waals surface area contributed by atoms with Crippen LogP contribution in [0.1, 0.15) is 60.7 Å². The molecular weight excluding hydrogens is 422 g/mol. The van der Waals surface area contributed by atoms with Crippen LogP contribution in [0.4, 0.5) is 22.2 Å². The number of carbonyl (C=O) groups excluding carboxylic acids is 2. The summed E-state index contributed by atoms with van der Waals surface area (Å²) in [5.74, 6) is 0.595. The third-order valence-electron chi connectivity index (χ3n) is 5.59. The fourth-order valence-corrected chi connectivity index (χ4v) is 3.62. The molecule has 180 valence electrons. The van der Waals surface area contributed by atoms with Gasteiger partial charge < -0.3 is 26.0 Å². The Bertz CT molecular complexity index is 1090. The van der Waals surface area contributed by atoms with Crippen molar-refractivity contribution < 1.29 is 18.4 Å². The number of aryl methyl sites for hydroxylation is 2. The van der Waals surface area contributed by atoms with Crippen molar-refractivity contribution in [3.63, 3.8) is 0 Å². The molecule has 0 saturated heterocycles. The summed E-state index contributed by atoms with van der Waals surface area (Å²) in [4.78, 5) is 29.4. The van der Waals surface area contributed by atoms with Crippen LogP contribution in [-0.2, 0) is 11.8 Å². The van der Waals surface area contributed by atoms with E-state index in [0.717, 1.165) is 18.5 Å². The number of nitrogens with zero attached hydrogens (tertiary/aromatic N) is 3. The molecule has 0 aromatic carbocycles. The molecule has 1 atom stereocenters. The lowest BCUT2D eigenvalue weighted by molar-refractivity contribution is 0.0470. The van der Waals surface area contributed by atoms with Crippen LogP contribution in [0.5, 0.6) is 0 Å². The lowest BCUT2D eigenvalue weighted by atomic mass is 9.76. The van der Waals surface area contributed by atoms with E-state index in [0.29, 0.717) is 5.82 Å². The standard InChI is InChI=1S/C23H35N7O3/c1-13-10-19(29-30(13)7)28-21(31)17-8-9-18(24-6)27-20(17)26-16-11-15(12-16)14(2)25-22(32)33-23(3,4)5/h8-10,14-16H,11-12H2,1-7H3,(H,25,32)(H2,24,26,27)(H,28,29,31)/i6D3. The van der Waals surface area contributed by atoms with Crippen LogP contribution in [-0.4, -0.2) is 51.4 Å². The number of anilines is 3. The molecule has 1 unspecified atom stereocenters. The number of nitrogens with one attached hydrogen (secondary N) is 4. The zero-order valence-electron chi connectivity index (χ0n) is 22.9. The molecule has 1 aliphatic carbocycles. The second kappa shape index (κ2) is 9.68. The Morgan fingerprint density at radius 1 is 1.27 bits per heavy atom. The van der Waals surface area contributed by atoms with E-state index in [4.69, 9.17) is 8.85 Å². The monoisotopic (exact) mass is 460 g/mol. The zero-order chi connectivity index (χ0) is 26.8. The Morgan fingerprint density at radius 2 is 2.00 bits per heavy atom. The first kappa shape index (κ1) is 20.3. The molecule has 2 aromatic heterocycles. The molecule has 0 bridgehead atoms. The van der Waals surface area contributed by atoms with Gasteiger partial charge in [0.1, 0.15) is 17.2 Å². The predicted molar refractivity (Wildman–Crippen MR) is 129 cm³/mol. The summed E-state index contributed by atoms with van der Waals surface area (Å²) < 4.78 is 29.3. The van der Waals surface area contributed by atoms with Gasteiger partial charge in [-0.2, -0.15) is 5.10 Å². The Kier molecular flexibility index (Phi) is 5.96. The van der Waals surface area contributed by atoms with E-state index in [2.05, 4.69) is 31.3 Å². The van der Waals surface area contributed by atoms with Gasteiger partial charge in [0.25, 0.3) is 5.91 Å². The van der Waals surface area contributed by atoms with Gasteiger partial charge in [-0.05, 0) is 65.5 Å². The minimum Gasteiger partial charge on any atom is -0.444 e. The van der Waals surface area contributed by atoms with Gasteiger partial charge in [0.2, 0.25) is 0 Å². The Balaban J connectivity index is 1.69. The van der Waals surface area contributed by atoms with Gasteiger partial charge in [0, 0.05) is 42.0 Å². The van der Waals surface area contributed by atoms with Crippen molar-refractivity contribution in [1.29, 1.82) is 0 Å². The van der Waals surface area contributed by atoms with Crippen molar-refractivity contribution >= 4 is 29.5 Å². The van der Waals surface area contributed by atoms with E-state index in [9.17, 15) is 9.59 Å². The van der Waals surface area contributed by atoms with Gasteiger partial charge in [-0.3, -0.25) is 9.48 Å². The quantitative estimate of drug-likeness (QED) is 0.499. The topological polar surface area (TPSA) is 122 Å². The van der Waals surface area contributed by atoms with Crippen LogP contribution < -0.4 is 21.3 Å². The second-order valence-corrected chi connectivity index (χ2v) is 9.47. The molecule has 2 heterocycles. The van der Waals surface area contributed by atoms with E-state index in [1.165, 1.54) is 12.1 Å². The zero-order valence-corrected chi connectivity index (χ0v) is 19.9. The number of hydrogen-bond acceptors (Lipinski definition) is 7. The number of carbonyl (C=O) groups is 2. The summed E-state index contributed by atoms with van der Waals surface area (Å²) in [7, 11) is 1.78. The van der Waals surface area contributed by atoms with Crippen molar-refractivity contribution in [3.8, 4) is 0 Å². The van der Waals surface area contributed by atoms with E-state index >= 15 is 0 Å². The number of alkyl carbamates (subject to hydrolysis) is 1. The highest BCUT2D eigenvalue weighted by atomic mass is 16.6. The normalized spacial score (nSPS) is 20.4. The van der Waals surface area contributed by atoms with Gasteiger partial charge in [0.15, 0.2) is 5.82 Å². The van der Waals surface area contributed by atoms with Crippen molar-refractivity contribution in [3.05, 3.63) is 29.5 Å². The second-order valence-electron chi connectivity index (χ2n) is 9.47. The maximum absolute atomic E-state index is 13.0. The maximum Gasteiger partial charge on any atom is 0.407 e. The van der Waals surface area contributed by atoms with Crippen LogP contribution in [0, 0.1) is 12.8 Å². The van der Waals surface area contributed by atoms with E-state index < -0.39 is 24.6 Å². The molecule has 2 amide bonds. The Morgan fingerprint density at radius 3 is 2.61 bits per heavy atom. The summed E-state index contributed by atoms with van der Waals surface area (Å²) >= 11 is 0. The first-order chi connectivity index (χ1) is 16.6. The maximum atomic E-state index is 13.0. The van der Waals surface area contributed by atoms with Crippen LogP contribution in [0.3, 0.4) is 0 Å². The molecule has 10 nitrogen and oxygen atoms in total. The highest BCUT2D eigenvalue weighted by Crippen LogP contribution is 2.33. The molecule has 0 spiro atoms. The van der Waals surface area contributed by atoms with E-state index in [1.54, 1.807) is 17.8 Å². The predicted octanol–water partition coefficient (Wildman–Crippen LogP) is 3.52. The number of hydrogen-bond donors (Lipinski definition) is 4. The third kappa shape index (κ3) is 6.36. The van der Waals surface area contributed by atoms with Gasteiger partial charge in [-0.25, -0.2) is 9.78 Å². The summed E-state index contributed by atoms with van der Waals surface area (Å²) in [6.07, 6.45) is 1.01. The molecule has 1 saturated carbocycles. The Labute approximate surface area is 199 Å². The van der Waals surface area contributed by atoms with Crippen molar-refractivity contribution in [2.24, 2.45) is 13.0 Å². The SMILES string of the molecule is [2H]C([2H])([2H])Nc1ccc(C(=O)Nc2cc(C)n(C)n2)c(NC2CC(C(C)NC(=O)OC(C)(C)C)C2)n1. The summed E-state index contributed by atoms with van der Waals surface area (Å²) in [6.45, 7) is 6.81. The smallest absolute Gasteiger partial charge is 0.407 e. The first-order valence-electron chi connectivity index (χ1n) is 12.5. The van der Waals surface area contributed by atoms with Crippen molar-refractivity contribution in [2.75, 3.05) is 22.9 Å². The van der Waals surface area contributed by atoms with E-state index in [1.807, 2.05) is 34.6 Å². The lowest BCUT2D eigenvalue weighted by Gasteiger charge is -2.40. The minimum atomic E-state index is -2.43. The lowest BCUT2D eigenvalue weighted by Crippen LogP contribution is -2.48. The van der Waals surface area contributed by atoms with Crippen LogP contribution in [0.15, 0.2) is 18.2 Å². The number of rotatable bonds is 7. The molecule has 33 heavy (non-hydrogen) atoms. The highest BCUT2D eigenvalue weighted by Gasteiger charge is 2.35. The average molecular weight is 461 g/mol. The molecule has 3 rings (SSSR count). The minimum absolute atomic E-state index is 0.00274. The van der Waals surface area contributed by atoms with E-state index in [-0.39, 0.29) is 35.2 Å². The third-order valence-corrected chi connectivity index (χ3v) is 5.59. The van der Waals surface area contributed by atoms with Crippen LogP contribution in [0.2, 0.25) is 0 Å². The van der Waals surface area contributed by atoms with Gasteiger partial charge in [0.05, 0.1) is 5.56 Å². The first-order valence-corrected chi connectivity index (χ1v) is 11.0. The molecule has 0 aliphatic heterocycles. The van der Waals surface area contributed by atoms with Crippen LogP contribution >= 0.6 is 0 Å². The molecule has 0 radical (unpaired) electrons. The molecule has 2 aromatic rings. The van der Waals surface area contributed by atoms with Crippen molar-refractivity contribution in [1.82, 2.24) is 20.1 Å². The van der Waals surface area contributed by atoms with Gasteiger partial charge in [-0.1, -0.05) is 0 Å². The molecule has 1 fully saturated rings. The van der Waals surface area contributed by atoms with Crippen molar-refractivity contribution in [2.45, 2.75) is 65.1 Å². The highest BCUT2D eigenvalue weighted by molar-refractivity contribution is 6.07.